The first-order chi connectivity index (χ1) is 3.71. The quantitative estimate of drug-likeness (QED) is 0.326. The predicted octanol–water partition coefficient (Wildman–Crippen LogP) is -0.596. The van der Waals surface area contributed by atoms with Gasteiger partial charge in [-0.05, 0) is 12.8 Å². The molecule has 3 heteroatoms. The van der Waals surface area contributed by atoms with E-state index >= 15 is 0 Å². The molecule has 1 aliphatic rings. The fourth-order valence-corrected chi connectivity index (χ4v) is 0.896. The van der Waals surface area contributed by atoms with E-state index in [4.69, 9.17) is 0 Å². The van der Waals surface area contributed by atoms with Crippen LogP contribution in [0.1, 0.15) is 25.7 Å². The molecule has 9 heavy (non-hydrogen) atoms. The van der Waals surface area contributed by atoms with Gasteiger partial charge in [0.05, 0.1) is 0 Å². The Balaban J connectivity index is 0.000000640. The van der Waals surface area contributed by atoms with Crippen LogP contribution in [0.3, 0.4) is 0 Å². The SMILES string of the molecule is FC1(F)CC[CH-]CC1.[K+]. The second-order valence-corrected chi connectivity index (χ2v) is 2.22. The molecule has 48 valence electrons. The number of rotatable bonds is 0. The predicted molar refractivity (Wildman–Crippen MR) is 27.7 cm³/mol. The molecule has 1 fully saturated rings. The zero-order valence-corrected chi connectivity index (χ0v) is 8.78. The summed E-state index contributed by atoms with van der Waals surface area (Å²) in [5, 5.41) is 0. The topological polar surface area (TPSA) is 0 Å². The van der Waals surface area contributed by atoms with Crippen LogP contribution in [0, 0.1) is 6.42 Å². The van der Waals surface area contributed by atoms with Crippen molar-refractivity contribution < 1.29 is 60.2 Å². The average molecular weight is 158 g/mol. The van der Waals surface area contributed by atoms with Gasteiger partial charge in [-0.1, -0.05) is 0 Å². The first-order valence-electron chi connectivity index (χ1n) is 2.90. The molecule has 1 aliphatic carbocycles. The fourth-order valence-electron chi connectivity index (χ4n) is 0.896. The molecule has 0 bridgehead atoms. The minimum absolute atomic E-state index is 0. The molecule has 0 aliphatic heterocycles. The molecule has 1 rings (SSSR count). The standard InChI is InChI=1S/C6H9F2.K/c7-6(8)4-2-1-3-5-6;/h1H,2-5H2;/q-1;+1. The van der Waals surface area contributed by atoms with E-state index in [9.17, 15) is 8.78 Å². The molecule has 0 aromatic carbocycles. The van der Waals surface area contributed by atoms with Crippen LogP contribution in [0.4, 0.5) is 8.78 Å². The van der Waals surface area contributed by atoms with Crippen molar-refractivity contribution in [3.8, 4) is 0 Å². The monoisotopic (exact) mass is 158 g/mol. The molecule has 0 heterocycles. The molecule has 1 saturated carbocycles. The third-order valence-corrected chi connectivity index (χ3v) is 1.43. The molecule has 0 spiro atoms. The third-order valence-electron chi connectivity index (χ3n) is 1.43. The maximum atomic E-state index is 12.2. The van der Waals surface area contributed by atoms with Crippen molar-refractivity contribution in [1.29, 1.82) is 0 Å². The smallest absolute Gasteiger partial charge is 0.328 e. The van der Waals surface area contributed by atoms with Crippen LogP contribution >= 0.6 is 0 Å². The van der Waals surface area contributed by atoms with Crippen LogP contribution in [0.5, 0.6) is 0 Å². The Morgan fingerprint density at radius 3 is 1.78 bits per heavy atom. The summed E-state index contributed by atoms with van der Waals surface area (Å²) in [5.74, 6) is -2.35. The van der Waals surface area contributed by atoms with E-state index in [1.807, 2.05) is 6.42 Å². The van der Waals surface area contributed by atoms with E-state index in [2.05, 4.69) is 0 Å². The molecule has 0 saturated heterocycles. The van der Waals surface area contributed by atoms with Gasteiger partial charge in [-0.2, -0.15) is 12.8 Å². The van der Waals surface area contributed by atoms with E-state index < -0.39 is 5.92 Å². The maximum absolute atomic E-state index is 12.2. The maximum Gasteiger partial charge on any atom is 1.00 e. The number of hydrogen-bond donors (Lipinski definition) is 0. The van der Waals surface area contributed by atoms with Gasteiger partial charge >= 0.3 is 51.4 Å². The first-order valence-corrected chi connectivity index (χ1v) is 2.90. The second-order valence-electron chi connectivity index (χ2n) is 2.22. The van der Waals surface area contributed by atoms with Crippen LogP contribution in [0.15, 0.2) is 0 Å². The summed E-state index contributed by atoms with van der Waals surface area (Å²) in [6.07, 6.45) is 3.23. The van der Waals surface area contributed by atoms with Crippen molar-refractivity contribution in [3.63, 3.8) is 0 Å². The normalized spacial score (nSPS) is 24.7. The van der Waals surface area contributed by atoms with E-state index in [-0.39, 0.29) is 64.2 Å². The third kappa shape index (κ3) is 4.04. The first kappa shape index (κ1) is 10.5. The Labute approximate surface area is 96.8 Å². The molecule has 0 unspecified atom stereocenters. The van der Waals surface area contributed by atoms with Crippen molar-refractivity contribution in [2.45, 2.75) is 31.6 Å². The van der Waals surface area contributed by atoms with Crippen LogP contribution < -0.4 is 51.4 Å². The van der Waals surface area contributed by atoms with Crippen molar-refractivity contribution in [2.24, 2.45) is 0 Å². The summed E-state index contributed by atoms with van der Waals surface area (Å²) < 4.78 is 24.4. The molecular formula is C6H9F2K. The summed E-state index contributed by atoms with van der Waals surface area (Å²) in [5.41, 5.74) is 0. The van der Waals surface area contributed by atoms with Gasteiger partial charge in [0.1, 0.15) is 0 Å². The summed E-state index contributed by atoms with van der Waals surface area (Å²) in [6.45, 7) is 0. The van der Waals surface area contributed by atoms with E-state index in [1.165, 1.54) is 0 Å². The number of hydrogen-bond acceptors (Lipinski definition) is 0. The second kappa shape index (κ2) is 4.39. The van der Waals surface area contributed by atoms with Crippen LogP contribution in [-0.4, -0.2) is 5.92 Å². The van der Waals surface area contributed by atoms with Crippen molar-refractivity contribution >= 4 is 0 Å². The van der Waals surface area contributed by atoms with Gasteiger partial charge in [0.15, 0.2) is 0 Å². The zero-order chi connectivity index (χ0) is 6.04. The number of alkyl halides is 2. The Hall–Kier alpha value is 1.50. The molecule has 0 radical (unpaired) electrons. The van der Waals surface area contributed by atoms with Crippen LogP contribution in [0.2, 0.25) is 0 Å². The van der Waals surface area contributed by atoms with E-state index in [0.29, 0.717) is 12.8 Å². The van der Waals surface area contributed by atoms with Crippen LogP contribution in [-0.2, 0) is 0 Å². The van der Waals surface area contributed by atoms with Gasteiger partial charge in [0.25, 0.3) is 0 Å². The van der Waals surface area contributed by atoms with Crippen LogP contribution in [0.25, 0.3) is 0 Å². The molecule has 0 nitrogen and oxygen atoms in total. The molecule has 0 N–H and O–H groups in total. The summed E-state index contributed by atoms with van der Waals surface area (Å²) in [7, 11) is 0. The van der Waals surface area contributed by atoms with E-state index in [0.717, 1.165) is 0 Å². The van der Waals surface area contributed by atoms with Gasteiger partial charge in [-0.25, -0.2) is 8.78 Å². The summed E-state index contributed by atoms with van der Waals surface area (Å²) in [4.78, 5) is 0. The average Bonchev–Trinajstić information content (AvgIpc) is 1.65. The molecule has 0 amide bonds. The molecule has 0 aromatic rings. The summed E-state index contributed by atoms with van der Waals surface area (Å²) in [6, 6.07) is 0. The molecular weight excluding hydrogens is 149 g/mol. The fraction of sp³-hybridized carbons (Fsp3) is 0.833. The molecule has 0 aromatic heterocycles. The van der Waals surface area contributed by atoms with Gasteiger partial charge < -0.3 is 6.42 Å². The van der Waals surface area contributed by atoms with Crippen molar-refractivity contribution in [3.05, 3.63) is 6.42 Å². The van der Waals surface area contributed by atoms with Crippen molar-refractivity contribution in [2.75, 3.05) is 0 Å². The van der Waals surface area contributed by atoms with Crippen molar-refractivity contribution in [1.82, 2.24) is 0 Å². The Morgan fingerprint density at radius 2 is 1.56 bits per heavy atom. The van der Waals surface area contributed by atoms with Gasteiger partial charge in [-0.3, -0.25) is 0 Å². The van der Waals surface area contributed by atoms with Gasteiger partial charge in [-0.15, -0.1) is 0 Å². The Morgan fingerprint density at radius 1 is 1.11 bits per heavy atom. The summed E-state index contributed by atoms with van der Waals surface area (Å²) >= 11 is 0. The number of halogens is 2. The largest absolute Gasteiger partial charge is 1.00 e. The minimum Gasteiger partial charge on any atom is -0.328 e. The van der Waals surface area contributed by atoms with E-state index in [1.54, 1.807) is 0 Å². The zero-order valence-electron chi connectivity index (χ0n) is 5.66. The Kier molecular flexibility index (Phi) is 5.12. The Bertz CT molecular complexity index is 75.1. The minimum atomic E-state index is -2.35. The van der Waals surface area contributed by atoms with Gasteiger partial charge in [0, 0.05) is 0 Å². The molecule has 0 atom stereocenters. The van der Waals surface area contributed by atoms with Gasteiger partial charge in [0.2, 0.25) is 5.92 Å².